The van der Waals surface area contributed by atoms with Crippen molar-refractivity contribution in [1.29, 1.82) is 0 Å². The molecule has 0 saturated carbocycles. The second kappa shape index (κ2) is 7.12. The third-order valence-corrected chi connectivity index (χ3v) is 4.15. The van der Waals surface area contributed by atoms with E-state index in [0.717, 1.165) is 18.9 Å². The van der Waals surface area contributed by atoms with E-state index in [1.807, 2.05) is 6.07 Å². The molecule has 0 spiro atoms. The number of anilines is 2. The number of nitrogens with one attached hydrogen (secondary N) is 1. The maximum atomic E-state index is 12.2. The van der Waals surface area contributed by atoms with Crippen molar-refractivity contribution in [2.45, 2.75) is 0 Å². The molecule has 120 valence electrons. The summed E-state index contributed by atoms with van der Waals surface area (Å²) in [5.74, 6) is 0.816. The van der Waals surface area contributed by atoms with Gasteiger partial charge in [0.2, 0.25) is 0 Å². The van der Waals surface area contributed by atoms with Crippen molar-refractivity contribution >= 4 is 40.7 Å². The number of hydrogen-bond donors (Lipinski definition) is 1. The predicted octanol–water partition coefficient (Wildman–Crippen LogP) is 2.87. The van der Waals surface area contributed by atoms with E-state index in [2.05, 4.69) is 20.4 Å². The van der Waals surface area contributed by atoms with Crippen molar-refractivity contribution in [1.82, 2.24) is 10.2 Å². The van der Waals surface area contributed by atoms with Gasteiger partial charge in [0, 0.05) is 18.7 Å². The van der Waals surface area contributed by atoms with E-state index in [9.17, 15) is 4.79 Å². The Kier molecular flexibility index (Phi) is 4.95. The van der Waals surface area contributed by atoms with Crippen LogP contribution in [-0.4, -0.2) is 42.4 Å². The molecule has 0 unspecified atom stereocenters. The average Bonchev–Trinajstić information content (AvgIpc) is 2.59. The largest absolute Gasteiger partial charge is 0.378 e. The van der Waals surface area contributed by atoms with Crippen LogP contribution in [0.2, 0.25) is 10.0 Å². The van der Waals surface area contributed by atoms with Gasteiger partial charge in [0.1, 0.15) is 0 Å². The predicted molar refractivity (Wildman–Crippen MR) is 89.5 cm³/mol. The van der Waals surface area contributed by atoms with E-state index < -0.39 is 0 Å². The molecule has 1 saturated heterocycles. The number of benzene rings is 1. The first-order chi connectivity index (χ1) is 11.1. The molecule has 0 bridgehead atoms. The van der Waals surface area contributed by atoms with Gasteiger partial charge in [-0.3, -0.25) is 4.79 Å². The minimum absolute atomic E-state index is 0.322. The fraction of sp³-hybridized carbons (Fsp3) is 0.267. The van der Waals surface area contributed by atoms with Crippen LogP contribution in [0.4, 0.5) is 11.6 Å². The normalized spacial score (nSPS) is 14.6. The van der Waals surface area contributed by atoms with Crippen LogP contribution in [0.3, 0.4) is 0 Å². The van der Waals surface area contributed by atoms with Crippen LogP contribution in [0, 0.1) is 0 Å². The lowest BCUT2D eigenvalue weighted by atomic mass is 10.2. The van der Waals surface area contributed by atoms with Crippen LogP contribution < -0.4 is 10.2 Å². The third kappa shape index (κ3) is 3.90. The van der Waals surface area contributed by atoms with Crippen LogP contribution in [0.15, 0.2) is 30.3 Å². The number of aromatic nitrogens is 2. The Bertz CT molecular complexity index is 703. The van der Waals surface area contributed by atoms with E-state index in [1.165, 1.54) is 6.07 Å². The smallest absolute Gasteiger partial charge is 0.256 e. The van der Waals surface area contributed by atoms with E-state index in [1.54, 1.807) is 18.2 Å². The topological polar surface area (TPSA) is 67.4 Å². The van der Waals surface area contributed by atoms with Gasteiger partial charge < -0.3 is 15.0 Å². The van der Waals surface area contributed by atoms with Crippen molar-refractivity contribution in [2.24, 2.45) is 0 Å². The monoisotopic (exact) mass is 352 g/mol. The summed E-state index contributed by atoms with van der Waals surface area (Å²) in [5.41, 5.74) is 0.401. The van der Waals surface area contributed by atoms with Crippen LogP contribution in [0.1, 0.15) is 10.4 Å². The number of morpholine rings is 1. The molecule has 0 atom stereocenters. The fourth-order valence-corrected chi connectivity index (χ4v) is 2.48. The number of nitrogens with zero attached hydrogens (tertiary/aromatic N) is 3. The number of carbonyl (C=O) groups is 1. The summed E-state index contributed by atoms with van der Waals surface area (Å²) in [7, 11) is 0. The van der Waals surface area contributed by atoms with Gasteiger partial charge >= 0.3 is 0 Å². The van der Waals surface area contributed by atoms with Crippen molar-refractivity contribution in [3.63, 3.8) is 0 Å². The molecule has 1 aliphatic heterocycles. The first-order valence-corrected chi connectivity index (χ1v) is 7.82. The minimum Gasteiger partial charge on any atom is -0.378 e. The lowest BCUT2D eigenvalue weighted by Gasteiger charge is -2.27. The molecule has 1 N–H and O–H groups in total. The molecule has 2 aromatic rings. The molecule has 1 aliphatic rings. The van der Waals surface area contributed by atoms with E-state index in [4.69, 9.17) is 27.9 Å². The van der Waals surface area contributed by atoms with Crippen LogP contribution in [0.5, 0.6) is 0 Å². The van der Waals surface area contributed by atoms with Gasteiger partial charge in [0.25, 0.3) is 5.91 Å². The summed E-state index contributed by atoms with van der Waals surface area (Å²) in [6, 6.07) is 8.22. The first kappa shape index (κ1) is 16.0. The van der Waals surface area contributed by atoms with Gasteiger partial charge in [-0.15, -0.1) is 10.2 Å². The van der Waals surface area contributed by atoms with Crippen LogP contribution >= 0.6 is 23.2 Å². The zero-order valence-corrected chi connectivity index (χ0v) is 13.6. The molecular formula is C15H14Cl2N4O2. The van der Waals surface area contributed by atoms with E-state index in [-0.39, 0.29) is 5.91 Å². The van der Waals surface area contributed by atoms with Gasteiger partial charge in [-0.05, 0) is 30.3 Å². The average molecular weight is 353 g/mol. The van der Waals surface area contributed by atoms with Crippen molar-refractivity contribution in [3.05, 3.63) is 45.9 Å². The van der Waals surface area contributed by atoms with Gasteiger partial charge in [-0.2, -0.15) is 0 Å². The second-order valence-electron chi connectivity index (χ2n) is 4.96. The number of ether oxygens (including phenoxy) is 1. The number of halogens is 2. The Labute approximate surface area is 143 Å². The SMILES string of the molecule is O=C(Nc1ccc(N2CCOCC2)nn1)c1ccc(Cl)c(Cl)c1. The molecule has 0 aliphatic carbocycles. The summed E-state index contributed by atoms with van der Waals surface area (Å²) < 4.78 is 5.30. The summed E-state index contributed by atoms with van der Waals surface area (Å²) in [6.45, 7) is 2.92. The highest BCUT2D eigenvalue weighted by Crippen LogP contribution is 2.23. The third-order valence-electron chi connectivity index (χ3n) is 3.41. The fourth-order valence-electron chi connectivity index (χ4n) is 2.18. The molecule has 3 rings (SSSR count). The molecule has 1 aromatic heterocycles. The Hall–Kier alpha value is -1.89. The maximum Gasteiger partial charge on any atom is 0.256 e. The highest BCUT2D eigenvalue weighted by atomic mass is 35.5. The highest BCUT2D eigenvalue weighted by Gasteiger charge is 2.14. The molecule has 1 fully saturated rings. The lowest BCUT2D eigenvalue weighted by Crippen LogP contribution is -2.36. The number of amides is 1. The Morgan fingerprint density at radius 3 is 2.52 bits per heavy atom. The van der Waals surface area contributed by atoms with Gasteiger partial charge in [0.15, 0.2) is 11.6 Å². The van der Waals surface area contributed by atoms with Crippen molar-refractivity contribution in [2.75, 3.05) is 36.5 Å². The van der Waals surface area contributed by atoms with Gasteiger partial charge in [-0.1, -0.05) is 23.2 Å². The zero-order chi connectivity index (χ0) is 16.2. The Morgan fingerprint density at radius 2 is 1.87 bits per heavy atom. The highest BCUT2D eigenvalue weighted by molar-refractivity contribution is 6.42. The number of hydrogen-bond acceptors (Lipinski definition) is 5. The van der Waals surface area contributed by atoms with Gasteiger partial charge in [0.05, 0.1) is 23.3 Å². The summed E-state index contributed by atoms with van der Waals surface area (Å²) in [5, 5.41) is 11.6. The van der Waals surface area contributed by atoms with Gasteiger partial charge in [-0.25, -0.2) is 0 Å². The Balaban J connectivity index is 1.67. The number of rotatable bonds is 3. The number of carbonyl (C=O) groups excluding carboxylic acids is 1. The molecule has 23 heavy (non-hydrogen) atoms. The summed E-state index contributed by atoms with van der Waals surface area (Å²) >= 11 is 11.7. The molecule has 1 aromatic carbocycles. The molecule has 6 nitrogen and oxygen atoms in total. The lowest BCUT2D eigenvalue weighted by molar-refractivity contribution is 0.102. The standard InChI is InChI=1S/C15H14Cl2N4O2/c16-11-2-1-10(9-12(11)17)15(22)18-13-3-4-14(20-19-13)21-5-7-23-8-6-21/h1-4,9H,5-8H2,(H,18,19,22). The first-order valence-electron chi connectivity index (χ1n) is 7.06. The van der Waals surface area contributed by atoms with Crippen molar-refractivity contribution in [3.8, 4) is 0 Å². The molecule has 0 radical (unpaired) electrons. The van der Waals surface area contributed by atoms with Crippen molar-refractivity contribution < 1.29 is 9.53 Å². The minimum atomic E-state index is -0.322. The molecule has 1 amide bonds. The van der Waals surface area contributed by atoms with Crippen LogP contribution in [0.25, 0.3) is 0 Å². The Morgan fingerprint density at radius 1 is 1.09 bits per heavy atom. The molecule has 8 heteroatoms. The van der Waals surface area contributed by atoms with E-state index >= 15 is 0 Å². The quantitative estimate of drug-likeness (QED) is 0.919. The maximum absolute atomic E-state index is 12.2. The zero-order valence-electron chi connectivity index (χ0n) is 12.1. The molecule has 2 heterocycles. The van der Waals surface area contributed by atoms with E-state index in [0.29, 0.717) is 34.6 Å². The summed E-state index contributed by atoms with van der Waals surface area (Å²) in [4.78, 5) is 14.2. The second-order valence-corrected chi connectivity index (χ2v) is 5.77. The van der Waals surface area contributed by atoms with Crippen LogP contribution in [-0.2, 0) is 4.74 Å². The summed E-state index contributed by atoms with van der Waals surface area (Å²) in [6.07, 6.45) is 0. The molecular weight excluding hydrogens is 339 g/mol.